The van der Waals surface area contributed by atoms with E-state index >= 15 is 0 Å². The lowest BCUT2D eigenvalue weighted by Crippen LogP contribution is -2.53. The number of hydrogen-bond donors (Lipinski definition) is 0. The third kappa shape index (κ3) is 5.73. The van der Waals surface area contributed by atoms with Crippen molar-refractivity contribution in [2.75, 3.05) is 39.4 Å². The molecule has 0 radical (unpaired) electrons. The smallest absolute Gasteiger partial charge is 0.245 e. The van der Waals surface area contributed by atoms with Crippen molar-refractivity contribution in [3.8, 4) is 0 Å². The van der Waals surface area contributed by atoms with E-state index in [0.717, 1.165) is 9.69 Å². The van der Waals surface area contributed by atoms with Crippen molar-refractivity contribution in [2.45, 2.75) is 51.1 Å². The maximum Gasteiger partial charge on any atom is 0.245 e. The van der Waals surface area contributed by atoms with E-state index in [-0.39, 0.29) is 29.6 Å². The summed E-state index contributed by atoms with van der Waals surface area (Å²) in [5.74, 6) is -0.982. The third-order valence-electron chi connectivity index (χ3n) is 7.22. The highest BCUT2D eigenvalue weighted by molar-refractivity contribution is 7.89. The molecule has 2 aromatic rings. The second-order valence-electron chi connectivity index (χ2n) is 10.8. The summed E-state index contributed by atoms with van der Waals surface area (Å²) in [6.45, 7) is 8.34. The molecule has 0 aromatic heterocycles. The number of sulfonamides is 1. The summed E-state index contributed by atoms with van der Waals surface area (Å²) < 4.78 is 34.3. The van der Waals surface area contributed by atoms with Gasteiger partial charge >= 0.3 is 0 Å². The molecule has 11 heteroatoms. The minimum absolute atomic E-state index is 0.0160. The minimum Gasteiger partial charge on any atom is -0.378 e. The number of halogens is 1. The number of carbonyl (C=O) groups is 3. The van der Waals surface area contributed by atoms with Crippen LogP contribution in [-0.2, 0) is 29.1 Å². The molecule has 2 aliphatic heterocycles. The monoisotopic (exact) mass is 563 g/mol. The minimum atomic E-state index is -4.24. The molecule has 2 atom stereocenters. The largest absolute Gasteiger partial charge is 0.378 e. The summed E-state index contributed by atoms with van der Waals surface area (Å²) in [6.07, 6.45) is 0.180. The molecule has 9 nitrogen and oxygen atoms in total. The van der Waals surface area contributed by atoms with Crippen molar-refractivity contribution >= 4 is 50.0 Å². The Balaban J connectivity index is 1.66. The zero-order valence-electron chi connectivity index (χ0n) is 22.1. The predicted octanol–water partition coefficient (Wildman–Crippen LogP) is 2.95. The number of morpholine rings is 1. The number of nitrogens with zero attached hydrogens (tertiary/aromatic N) is 3. The molecule has 1 unspecified atom stereocenters. The molecule has 2 saturated heterocycles. The molecule has 0 bridgehead atoms. The van der Waals surface area contributed by atoms with Gasteiger partial charge in [0.1, 0.15) is 12.1 Å². The van der Waals surface area contributed by atoms with Crippen LogP contribution in [-0.4, -0.2) is 91.6 Å². The van der Waals surface area contributed by atoms with E-state index in [9.17, 15) is 22.8 Å². The van der Waals surface area contributed by atoms with Crippen LogP contribution in [0.3, 0.4) is 0 Å². The number of hydrogen-bond acceptors (Lipinski definition) is 6. The number of benzene rings is 2. The molecule has 0 N–H and O–H groups in total. The van der Waals surface area contributed by atoms with E-state index in [0.29, 0.717) is 36.7 Å². The van der Waals surface area contributed by atoms with E-state index < -0.39 is 40.0 Å². The van der Waals surface area contributed by atoms with E-state index in [1.807, 2.05) is 0 Å². The normalized spacial score (nSPS) is 19.8. The van der Waals surface area contributed by atoms with Gasteiger partial charge in [0.2, 0.25) is 21.8 Å². The molecule has 0 spiro atoms. The van der Waals surface area contributed by atoms with Crippen LogP contribution in [0.15, 0.2) is 41.3 Å². The van der Waals surface area contributed by atoms with Crippen LogP contribution >= 0.6 is 11.6 Å². The zero-order valence-corrected chi connectivity index (χ0v) is 23.7. The third-order valence-corrected chi connectivity index (χ3v) is 9.31. The van der Waals surface area contributed by atoms with Crippen molar-refractivity contribution in [3.63, 3.8) is 0 Å². The molecular formula is C27H34ClN3O6S. The van der Waals surface area contributed by atoms with Gasteiger partial charge in [0.25, 0.3) is 0 Å². The Morgan fingerprint density at radius 1 is 1.08 bits per heavy atom. The van der Waals surface area contributed by atoms with Crippen molar-refractivity contribution in [3.05, 3.63) is 41.4 Å². The first-order chi connectivity index (χ1) is 17.8. The van der Waals surface area contributed by atoms with E-state index in [1.165, 1.54) is 17.0 Å². The van der Waals surface area contributed by atoms with Gasteiger partial charge in [-0.3, -0.25) is 14.4 Å². The number of ketones is 1. The van der Waals surface area contributed by atoms with Crippen molar-refractivity contribution in [2.24, 2.45) is 5.41 Å². The molecule has 2 heterocycles. The van der Waals surface area contributed by atoms with Gasteiger partial charge in [-0.25, -0.2) is 8.42 Å². The SMILES string of the molecule is C[C@@H](C(=O)N1CCOCC1)N1CCC(N(CC(=O)C(C)(C)C)S(=O)(=O)c2ccc3cc(Cl)ccc3c2)C1=O. The fourth-order valence-corrected chi connectivity index (χ4v) is 6.54. The molecule has 2 aromatic carbocycles. The van der Waals surface area contributed by atoms with Crippen LogP contribution in [0.2, 0.25) is 5.02 Å². The summed E-state index contributed by atoms with van der Waals surface area (Å²) in [4.78, 5) is 42.8. The Morgan fingerprint density at radius 3 is 2.37 bits per heavy atom. The van der Waals surface area contributed by atoms with Gasteiger partial charge in [-0.15, -0.1) is 0 Å². The van der Waals surface area contributed by atoms with E-state index in [2.05, 4.69) is 0 Å². The molecule has 206 valence electrons. The number of likely N-dealkylation sites (tertiary alicyclic amines) is 1. The van der Waals surface area contributed by atoms with Crippen molar-refractivity contribution < 1.29 is 27.5 Å². The molecule has 38 heavy (non-hydrogen) atoms. The molecule has 0 aliphatic carbocycles. The molecule has 0 saturated carbocycles. The van der Waals surface area contributed by atoms with Gasteiger partial charge < -0.3 is 14.5 Å². The first kappa shape index (κ1) is 28.5. The van der Waals surface area contributed by atoms with Gasteiger partial charge in [-0.2, -0.15) is 4.31 Å². The highest BCUT2D eigenvalue weighted by atomic mass is 35.5. The van der Waals surface area contributed by atoms with Crippen LogP contribution in [0.1, 0.15) is 34.1 Å². The molecule has 2 amide bonds. The average Bonchev–Trinajstić information content (AvgIpc) is 3.26. The maximum atomic E-state index is 14.0. The number of rotatable bonds is 7. The average molecular weight is 564 g/mol. The number of carbonyl (C=O) groups excluding carboxylic acids is 3. The summed E-state index contributed by atoms with van der Waals surface area (Å²) >= 11 is 6.07. The topological polar surface area (TPSA) is 104 Å². The molecule has 2 aliphatic rings. The first-order valence-electron chi connectivity index (χ1n) is 12.7. The fourth-order valence-electron chi connectivity index (χ4n) is 4.75. The first-order valence-corrected chi connectivity index (χ1v) is 14.5. The van der Waals surface area contributed by atoms with E-state index in [1.54, 1.807) is 56.9 Å². The van der Waals surface area contributed by atoms with E-state index in [4.69, 9.17) is 16.3 Å². The van der Waals surface area contributed by atoms with Gasteiger partial charge in [0.15, 0.2) is 5.78 Å². The predicted molar refractivity (Wildman–Crippen MR) is 144 cm³/mol. The quantitative estimate of drug-likeness (QED) is 0.513. The van der Waals surface area contributed by atoms with Crippen molar-refractivity contribution in [1.29, 1.82) is 0 Å². The van der Waals surface area contributed by atoms with Gasteiger partial charge in [-0.1, -0.05) is 44.5 Å². The lowest BCUT2D eigenvalue weighted by molar-refractivity contribution is -0.146. The van der Waals surface area contributed by atoms with Gasteiger partial charge in [0.05, 0.1) is 24.7 Å². The number of ether oxygens (including phenoxy) is 1. The second kappa shape index (κ2) is 10.9. The highest BCUT2D eigenvalue weighted by Crippen LogP contribution is 2.30. The Hall–Kier alpha value is -2.53. The molecule has 2 fully saturated rings. The Labute approximate surface area is 228 Å². The van der Waals surface area contributed by atoms with Crippen LogP contribution in [0.25, 0.3) is 10.8 Å². The van der Waals surface area contributed by atoms with Crippen LogP contribution in [0.4, 0.5) is 0 Å². The lowest BCUT2D eigenvalue weighted by atomic mass is 9.91. The summed E-state index contributed by atoms with van der Waals surface area (Å²) in [5.41, 5.74) is -0.811. The Kier molecular flexibility index (Phi) is 8.18. The van der Waals surface area contributed by atoms with Crippen LogP contribution in [0, 0.1) is 5.41 Å². The lowest BCUT2D eigenvalue weighted by Gasteiger charge is -2.33. The summed E-state index contributed by atoms with van der Waals surface area (Å²) in [7, 11) is -4.24. The number of amides is 2. The number of Topliss-reactive ketones (excluding diaryl/α,β-unsaturated/α-hetero) is 1. The van der Waals surface area contributed by atoms with Crippen LogP contribution < -0.4 is 0 Å². The highest BCUT2D eigenvalue weighted by Gasteiger charge is 2.46. The standard InChI is InChI=1S/C27H34ClN3O6S/c1-18(25(33)29-11-13-37-14-12-29)30-10-9-23(26(30)34)31(17-24(32)27(2,3)4)38(35,36)22-8-6-19-15-21(28)7-5-20(19)16-22/h5-8,15-16,18,23H,9-14,17H2,1-4H3/t18-,23?/m0/s1. The second-order valence-corrected chi connectivity index (χ2v) is 13.2. The fraction of sp³-hybridized carbons (Fsp3) is 0.519. The maximum absolute atomic E-state index is 14.0. The Bertz CT molecular complexity index is 1350. The van der Waals surface area contributed by atoms with Crippen LogP contribution in [0.5, 0.6) is 0 Å². The zero-order chi connectivity index (χ0) is 27.8. The molecular weight excluding hydrogens is 530 g/mol. The number of fused-ring (bicyclic) bond motifs is 1. The summed E-state index contributed by atoms with van der Waals surface area (Å²) in [5, 5.41) is 1.97. The molecule has 4 rings (SSSR count). The van der Waals surface area contributed by atoms with Gasteiger partial charge in [-0.05, 0) is 48.4 Å². The van der Waals surface area contributed by atoms with Crippen molar-refractivity contribution in [1.82, 2.24) is 14.1 Å². The van der Waals surface area contributed by atoms with Gasteiger partial charge in [0, 0.05) is 30.1 Å². The Morgan fingerprint density at radius 2 is 1.71 bits per heavy atom. The summed E-state index contributed by atoms with van der Waals surface area (Å²) in [6, 6.07) is 7.94.